The van der Waals surface area contributed by atoms with Crippen molar-refractivity contribution < 1.29 is 40.1 Å². The van der Waals surface area contributed by atoms with Crippen molar-refractivity contribution in [2.24, 2.45) is 0 Å². The Hall–Kier alpha value is -2.87. The maximum atomic E-state index is 11.3. The third kappa shape index (κ3) is 5.00. The van der Waals surface area contributed by atoms with E-state index in [1.165, 1.54) is 28.0 Å². The molecule has 2 fully saturated rings. The van der Waals surface area contributed by atoms with E-state index >= 15 is 0 Å². The van der Waals surface area contributed by atoms with Gasteiger partial charge in [-0.25, -0.2) is 15.0 Å². The van der Waals surface area contributed by atoms with Crippen molar-refractivity contribution in [3.05, 3.63) is 39.5 Å². The third-order valence-corrected chi connectivity index (χ3v) is 6.43. The van der Waals surface area contributed by atoms with Crippen molar-refractivity contribution in [1.29, 1.82) is 0 Å². The minimum atomic E-state index is -1.22. The molecular weight excluding hydrogens is 514 g/mol. The lowest BCUT2D eigenvalue weighted by Gasteiger charge is -2.18. The Balaban J connectivity index is 0.000000173. The molecule has 4 unspecified atom stereocenters. The summed E-state index contributed by atoms with van der Waals surface area (Å²) in [6.07, 6.45) is -4.21. The summed E-state index contributed by atoms with van der Waals surface area (Å²) in [4.78, 5) is 25.7. The van der Waals surface area contributed by atoms with E-state index in [0.717, 1.165) is 0 Å². The van der Waals surface area contributed by atoms with Gasteiger partial charge in [0.05, 0.1) is 19.5 Å². The van der Waals surface area contributed by atoms with Gasteiger partial charge in [0.25, 0.3) is 5.56 Å². The Bertz CT molecular complexity index is 1360. The molecule has 8 atom stereocenters. The smallest absolute Gasteiger partial charge is 0.254 e. The van der Waals surface area contributed by atoms with Gasteiger partial charge in [-0.2, -0.15) is 0 Å². The number of ether oxygens (including phenoxy) is 2. The van der Waals surface area contributed by atoms with Crippen LogP contribution < -0.4 is 11.3 Å². The Labute approximate surface area is 213 Å². The zero-order chi connectivity index (χ0) is 27.0. The Morgan fingerprint density at radius 1 is 0.973 bits per heavy atom. The molecule has 2 aliphatic heterocycles. The van der Waals surface area contributed by atoms with Crippen molar-refractivity contribution >= 4 is 29.2 Å². The van der Waals surface area contributed by atoms with Crippen LogP contribution in [0.25, 0.3) is 11.2 Å². The molecule has 0 bridgehead atoms. The minimum Gasteiger partial charge on any atom is -0.394 e. The molecule has 0 aliphatic carbocycles. The average Bonchev–Trinajstić information content (AvgIpc) is 3.52. The summed E-state index contributed by atoms with van der Waals surface area (Å²) in [5, 5.41) is 57.2. The molecule has 0 aromatic carbocycles. The number of hydrogen-bond acceptors (Lipinski definition) is 14. The van der Waals surface area contributed by atoms with Gasteiger partial charge in [-0.1, -0.05) is 0 Å². The van der Waals surface area contributed by atoms with Crippen LogP contribution in [0.15, 0.2) is 23.6 Å². The molecule has 5 rings (SSSR count). The first-order chi connectivity index (χ1) is 17.6. The highest BCUT2D eigenvalue weighted by Gasteiger charge is 2.44. The number of aliphatic hydroxyl groups is 6. The van der Waals surface area contributed by atoms with Gasteiger partial charge in [-0.05, 0) is 19.1 Å². The molecule has 17 heteroatoms. The molecule has 9 N–H and O–H groups in total. The first-order valence-corrected chi connectivity index (χ1v) is 11.5. The van der Waals surface area contributed by atoms with Crippen molar-refractivity contribution in [1.82, 2.24) is 29.1 Å². The summed E-state index contributed by atoms with van der Waals surface area (Å²) < 4.78 is 13.6. The lowest BCUT2D eigenvalue weighted by Crippen LogP contribution is -2.33. The zero-order valence-corrected chi connectivity index (χ0v) is 20.2. The molecule has 0 amide bonds. The second-order valence-electron chi connectivity index (χ2n) is 8.52. The van der Waals surface area contributed by atoms with Gasteiger partial charge in [0.15, 0.2) is 28.7 Å². The number of imidazole rings is 1. The Kier molecular flexibility index (Phi) is 7.97. The second-order valence-corrected chi connectivity index (χ2v) is 8.91. The molecule has 37 heavy (non-hydrogen) atoms. The molecular formula is C20H27N7O9S. The number of nitrogens with two attached hydrogens (primary N) is 1. The van der Waals surface area contributed by atoms with Gasteiger partial charge >= 0.3 is 0 Å². The lowest BCUT2D eigenvalue weighted by atomic mass is 10.1. The number of rotatable bonds is 4. The fraction of sp³-hybridized carbons (Fsp3) is 0.550. The molecule has 0 spiro atoms. The van der Waals surface area contributed by atoms with Gasteiger partial charge in [0.2, 0.25) is 0 Å². The van der Waals surface area contributed by atoms with Gasteiger partial charge in [0, 0.05) is 11.8 Å². The molecule has 2 saturated heterocycles. The minimum absolute atomic E-state index is 0.0837. The van der Waals surface area contributed by atoms with Crippen molar-refractivity contribution in [2.75, 3.05) is 18.9 Å². The molecule has 0 radical (unpaired) electrons. The quantitative estimate of drug-likeness (QED) is 0.152. The maximum absolute atomic E-state index is 11.3. The number of fused-ring (bicyclic) bond motifs is 1. The monoisotopic (exact) mass is 541 g/mol. The molecule has 2 aliphatic rings. The topological polar surface area (TPSA) is 247 Å². The van der Waals surface area contributed by atoms with Gasteiger partial charge < -0.3 is 45.8 Å². The average molecular weight is 542 g/mol. The molecule has 202 valence electrons. The van der Waals surface area contributed by atoms with Crippen LogP contribution in [0.1, 0.15) is 18.0 Å². The SMILES string of the molecule is Cc1cn(C2OC(CO)C(O)C2O)c(=S)[nH]c1=O.Nc1ncnc2c1ncn2[C@@H]1O[C@H](CO)[C@@H](O)[C@H]1O. The van der Waals surface area contributed by atoms with Crippen molar-refractivity contribution in [3.8, 4) is 0 Å². The van der Waals surface area contributed by atoms with Gasteiger partial charge in [-0.15, -0.1) is 0 Å². The fourth-order valence-electron chi connectivity index (χ4n) is 4.05. The van der Waals surface area contributed by atoms with E-state index in [2.05, 4.69) is 19.9 Å². The maximum Gasteiger partial charge on any atom is 0.254 e. The second kappa shape index (κ2) is 10.9. The summed E-state index contributed by atoms with van der Waals surface area (Å²) in [5.74, 6) is 0.218. The van der Waals surface area contributed by atoms with Crippen molar-refractivity contribution in [2.45, 2.75) is 56.0 Å². The van der Waals surface area contributed by atoms with E-state index in [1.54, 1.807) is 6.92 Å². The zero-order valence-electron chi connectivity index (χ0n) is 19.4. The predicted octanol–water partition coefficient (Wildman–Crippen LogP) is -3.15. The van der Waals surface area contributed by atoms with Crippen molar-refractivity contribution in [3.63, 3.8) is 0 Å². The van der Waals surface area contributed by atoms with Gasteiger partial charge in [0.1, 0.15) is 48.5 Å². The Morgan fingerprint density at radius 2 is 1.54 bits per heavy atom. The number of nitrogens with one attached hydrogen (secondary N) is 1. The first kappa shape index (κ1) is 27.2. The molecule has 0 saturated carbocycles. The van der Waals surface area contributed by atoms with Crippen LogP contribution in [0.2, 0.25) is 0 Å². The summed E-state index contributed by atoms with van der Waals surface area (Å²) in [6.45, 7) is 0.786. The van der Waals surface area contributed by atoms with Crippen LogP contribution in [0.3, 0.4) is 0 Å². The molecule has 3 aromatic rings. The van der Waals surface area contributed by atoms with Crippen LogP contribution >= 0.6 is 12.2 Å². The van der Waals surface area contributed by atoms with Crippen LogP contribution in [0, 0.1) is 11.7 Å². The van der Waals surface area contributed by atoms with E-state index in [4.69, 9.17) is 37.6 Å². The van der Waals surface area contributed by atoms with E-state index < -0.39 is 62.3 Å². The standard InChI is InChI=1S/C10H13N5O4.C10H14N2O5S/c11-8-5-9(13-2-12-8)15(3-14-5)10-7(18)6(17)4(1-16)19-10;1-4-2-12(10(18)11-8(4)16)9-7(15)6(14)5(3-13)17-9/h2-4,6-7,10,16-18H,1H2,(H2,11,12,13);2,5-7,9,13-15H,3H2,1H3,(H,11,16,18)/t4-,6-,7-,10-;/m1./s1. The van der Waals surface area contributed by atoms with Crippen LogP contribution in [-0.4, -0.2) is 110 Å². The van der Waals surface area contributed by atoms with Crippen LogP contribution in [-0.2, 0) is 9.47 Å². The molecule has 5 heterocycles. The van der Waals surface area contributed by atoms with E-state index in [0.29, 0.717) is 16.7 Å². The predicted molar refractivity (Wildman–Crippen MR) is 126 cm³/mol. The van der Waals surface area contributed by atoms with E-state index in [9.17, 15) is 25.2 Å². The number of aromatic amines is 1. The highest BCUT2D eigenvalue weighted by molar-refractivity contribution is 7.71. The number of aliphatic hydroxyl groups excluding tert-OH is 6. The number of aromatic nitrogens is 6. The Morgan fingerprint density at radius 3 is 2.08 bits per heavy atom. The van der Waals surface area contributed by atoms with E-state index in [1.807, 2.05) is 0 Å². The molecule has 16 nitrogen and oxygen atoms in total. The number of H-pyrrole nitrogens is 1. The number of nitrogens with zero attached hydrogens (tertiary/aromatic N) is 5. The summed E-state index contributed by atoms with van der Waals surface area (Å²) in [7, 11) is 0. The van der Waals surface area contributed by atoms with Crippen LogP contribution in [0.5, 0.6) is 0 Å². The lowest BCUT2D eigenvalue weighted by molar-refractivity contribution is -0.0542. The normalized spacial score (nSPS) is 31.4. The number of anilines is 1. The van der Waals surface area contributed by atoms with Crippen LogP contribution in [0.4, 0.5) is 5.82 Å². The number of nitrogen functional groups attached to an aromatic ring is 1. The van der Waals surface area contributed by atoms with E-state index in [-0.39, 0.29) is 16.1 Å². The largest absolute Gasteiger partial charge is 0.394 e. The highest BCUT2D eigenvalue weighted by atomic mass is 32.1. The summed E-state index contributed by atoms with van der Waals surface area (Å²) in [5.41, 5.74) is 6.53. The number of hydrogen-bond donors (Lipinski definition) is 8. The first-order valence-electron chi connectivity index (χ1n) is 11.1. The third-order valence-electron chi connectivity index (χ3n) is 6.12. The number of aryl methyl sites for hydroxylation is 1. The fourth-order valence-corrected chi connectivity index (χ4v) is 4.30. The summed E-state index contributed by atoms with van der Waals surface area (Å²) >= 11 is 4.97. The summed E-state index contributed by atoms with van der Waals surface area (Å²) in [6, 6.07) is 0. The molecule has 3 aromatic heterocycles. The van der Waals surface area contributed by atoms with Gasteiger partial charge in [-0.3, -0.25) is 18.9 Å². The highest BCUT2D eigenvalue weighted by Crippen LogP contribution is 2.32.